The number of aliphatic hydroxyl groups is 2. The Morgan fingerprint density at radius 1 is 0.853 bits per heavy atom. The molecule has 0 radical (unpaired) electrons. The maximum Gasteiger partial charge on any atom is 0.309 e. The van der Waals surface area contributed by atoms with Gasteiger partial charge < -0.3 is 74.1 Å². The van der Waals surface area contributed by atoms with Gasteiger partial charge in [-0.2, -0.15) is 0 Å². The molecular weight excluding hydrogens is 1050 g/mol. The molecule has 7 N–H and O–H groups in total. The van der Waals surface area contributed by atoms with Gasteiger partial charge >= 0.3 is 5.97 Å². The number of phosphoric ester groups is 3. The molecule has 75 heavy (non-hydrogen) atoms. The van der Waals surface area contributed by atoms with Crippen LogP contribution in [0.1, 0.15) is 128 Å². The summed E-state index contributed by atoms with van der Waals surface area (Å²) in [5, 5.41) is 36.0. The minimum absolute atomic E-state index is 0.0243. The number of nitrogen functional groups attached to an aromatic ring is 1. The van der Waals surface area contributed by atoms with Crippen molar-refractivity contribution < 1.29 is 90.4 Å². The molecule has 1 saturated heterocycles. The Morgan fingerprint density at radius 2 is 1.44 bits per heavy atom. The van der Waals surface area contributed by atoms with Crippen LogP contribution in [0.15, 0.2) is 36.9 Å². The second-order valence-electron chi connectivity index (χ2n) is 20.3. The molecule has 0 bridgehead atoms. The number of rotatable bonds is 34. The number of imidazole rings is 1. The minimum atomic E-state index is -5.94. The molecule has 2 aliphatic carbocycles. The average Bonchev–Trinajstić information content (AvgIpc) is 4.25. The molecule has 2 amide bonds. The first kappa shape index (κ1) is 60.1. The molecule has 3 aliphatic rings. The monoisotopic (exact) mass is 1110 g/mol. The molecule has 29 heteroatoms. The number of nitrogens with one attached hydrogen (secondary N) is 2. The Labute approximate surface area is 433 Å². The molecule has 2 aromatic heterocycles. The molecular formula is C46H66N7O19P3-4. The highest BCUT2D eigenvalue weighted by Gasteiger charge is 2.50. The number of nitrogens with zero attached hydrogens (tertiary/aromatic N) is 4. The Morgan fingerprint density at radius 3 is 2.05 bits per heavy atom. The van der Waals surface area contributed by atoms with E-state index in [0.717, 1.165) is 114 Å². The summed E-state index contributed by atoms with van der Waals surface area (Å²) in [7, 11) is -17.7. The topological polar surface area (TPSA) is 412 Å². The smallest absolute Gasteiger partial charge is 0.309 e. The van der Waals surface area contributed by atoms with Gasteiger partial charge in [0, 0.05) is 36.8 Å². The van der Waals surface area contributed by atoms with Crippen LogP contribution in [-0.4, -0.2) is 109 Å². The van der Waals surface area contributed by atoms with Crippen molar-refractivity contribution in [3.8, 4) is 0 Å². The van der Waals surface area contributed by atoms with Gasteiger partial charge in [0.05, 0.1) is 32.8 Å². The number of phosphoric acid groups is 3. The number of hydrogen-bond donors (Lipinski definition) is 6. The van der Waals surface area contributed by atoms with Gasteiger partial charge in [-0.15, -0.1) is 0 Å². The van der Waals surface area contributed by atoms with E-state index in [2.05, 4.69) is 67.7 Å². The number of nitrogens with two attached hydrogens (primary N) is 1. The second kappa shape index (κ2) is 25.6. The summed E-state index contributed by atoms with van der Waals surface area (Å²) in [6.07, 6.45) is 6.30. The van der Waals surface area contributed by atoms with Crippen LogP contribution in [0, 0.1) is 16.2 Å². The number of ether oxygens (including phenoxy) is 1. The molecule has 1 aromatic carbocycles. The van der Waals surface area contributed by atoms with E-state index in [1.165, 1.54) is 25.0 Å². The first-order valence-electron chi connectivity index (χ1n) is 24.9. The van der Waals surface area contributed by atoms with Gasteiger partial charge in [-0.1, -0.05) is 70.2 Å². The predicted molar refractivity (Wildman–Crippen MR) is 257 cm³/mol. The Hall–Kier alpha value is -4.10. The number of hydrogen-bond acceptors (Lipinski definition) is 22. The normalized spacial score (nSPS) is 22.0. The quantitative estimate of drug-likeness (QED) is 0.0366. The number of unbranched alkanes of at least 4 members (excludes halogenated alkanes) is 5. The number of carbonyl (C=O) groups excluding carboxylic acids is 3. The van der Waals surface area contributed by atoms with Crippen LogP contribution < -0.4 is 35.9 Å². The highest BCUT2D eigenvalue weighted by Crippen LogP contribution is 2.57. The Balaban J connectivity index is 0.838. The number of carboxylic acid groups (broad SMARTS) is 1. The molecule has 0 spiro atoms. The van der Waals surface area contributed by atoms with Crippen molar-refractivity contribution >= 4 is 64.0 Å². The van der Waals surface area contributed by atoms with Gasteiger partial charge in [0.15, 0.2) is 17.7 Å². The van der Waals surface area contributed by atoms with Crippen molar-refractivity contribution in [2.75, 3.05) is 32.0 Å². The number of amides is 2. The van der Waals surface area contributed by atoms with E-state index in [4.69, 9.17) is 10.5 Å². The van der Waals surface area contributed by atoms with E-state index in [1.54, 1.807) is 0 Å². The number of fused-ring (bicyclic) bond motifs is 1. The van der Waals surface area contributed by atoms with E-state index in [1.807, 2.05) is 0 Å². The Kier molecular flexibility index (Phi) is 20.5. The average molecular weight is 1110 g/mol. The van der Waals surface area contributed by atoms with E-state index < -0.39 is 95.9 Å². The fraction of sp³-hybridized carbons (Fsp3) is 0.674. The minimum Gasteiger partial charge on any atom is -0.790 e. The Bertz CT molecular complexity index is 2620. The largest absolute Gasteiger partial charge is 0.790 e. The number of aliphatic hydroxyl groups excluding tert-OH is 2. The van der Waals surface area contributed by atoms with Crippen LogP contribution in [0.5, 0.6) is 0 Å². The number of aryl methyl sites for hydroxylation is 2. The summed E-state index contributed by atoms with van der Waals surface area (Å²) in [5.41, 5.74) is 5.96. The fourth-order valence-electron chi connectivity index (χ4n) is 9.17. The van der Waals surface area contributed by atoms with E-state index in [9.17, 15) is 67.8 Å². The van der Waals surface area contributed by atoms with Crippen LogP contribution in [0.2, 0.25) is 0 Å². The molecule has 7 atom stereocenters. The fourth-order valence-corrected chi connectivity index (χ4v) is 11.9. The highest BCUT2D eigenvalue weighted by molar-refractivity contribution is 7.59. The van der Waals surface area contributed by atoms with Gasteiger partial charge in [0.1, 0.15) is 42.0 Å². The lowest BCUT2D eigenvalue weighted by atomic mass is 9.87. The van der Waals surface area contributed by atoms with E-state index in [0.29, 0.717) is 0 Å². The number of Topliss-reactive ketones (excluding diaryl/α,β-unsaturated/α-hetero) is 1. The number of aliphatic carboxylic acids is 1. The lowest BCUT2D eigenvalue weighted by Crippen LogP contribution is -2.46. The number of carbonyl (C=O) groups is 4. The number of aromatic nitrogens is 4. The number of ketones is 1. The van der Waals surface area contributed by atoms with Crippen molar-refractivity contribution in [2.45, 2.75) is 154 Å². The maximum absolute atomic E-state index is 13.2. The zero-order chi connectivity index (χ0) is 54.8. The van der Waals surface area contributed by atoms with Crippen molar-refractivity contribution in [2.24, 2.45) is 16.2 Å². The van der Waals surface area contributed by atoms with Crippen molar-refractivity contribution in [1.82, 2.24) is 30.2 Å². The predicted octanol–water partition coefficient (Wildman–Crippen LogP) is 1.78. The van der Waals surface area contributed by atoms with Crippen molar-refractivity contribution in [3.05, 3.63) is 48.0 Å². The summed E-state index contributed by atoms with van der Waals surface area (Å²) in [6.45, 7) is -0.00862. The lowest BCUT2D eigenvalue weighted by Gasteiger charge is -2.36. The first-order valence-corrected chi connectivity index (χ1v) is 29.3. The number of carboxylic acids is 1. The SMILES string of the molecule is CC(C)(COP(=O)([O-])OP(=O)([O-])OCC1OC(n2cnc3c(N)ncnc32)C(O)C1OP(=O)([O-])[O-])C(O)C(=O)NCCC(=O)NCCC(=O)C1(CCCCCc2ccccc2CCCCCCC2(C(=O)O)CC2)CC1. The molecule has 3 aromatic rings. The van der Waals surface area contributed by atoms with Crippen LogP contribution in [0.25, 0.3) is 11.2 Å². The summed E-state index contributed by atoms with van der Waals surface area (Å²) in [5.74, 6) is -2.13. The third kappa shape index (κ3) is 17.2. The summed E-state index contributed by atoms with van der Waals surface area (Å²) in [4.78, 5) is 110. The van der Waals surface area contributed by atoms with Crippen LogP contribution >= 0.6 is 23.5 Å². The maximum atomic E-state index is 13.2. The van der Waals surface area contributed by atoms with Crippen LogP contribution in [-0.2, 0) is 68.3 Å². The number of anilines is 1. The van der Waals surface area contributed by atoms with Crippen molar-refractivity contribution in [1.29, 1.82) is 0 Å². The molecule has 2 saturated carbocycles. The van der Waals surface area contributed by atoms with Gasteiger partial charge in [0.25, 0.3) is 15.6 Å². The molecule has 6 rings (SSSR count). The molecule has 1 aliphatic heterocycles. The third-order valence-corrected chi connectivity index (χ3v) is 17.1. The van der Waals surface area contributed by atoms with E-state index in [-0.39, 0.29) is 54.1 Å². The van der Waals surface area contributed by atoms with Crippen LogP contribution in [0.4, 0.5) is 5.82 Å². The van der Waals surface area contributed by atoms with E-state index >= 15 is 0 Å². The van der Waals surface area contributed by atoms with Gasteiger partial charge in [-0.05, 0) is 75.3 Å². The zero-order valence-electron chi connectivity index (χ0n) is 41.8. The lowest BCUT2D eigenvalue weighted by molar-refractivity contribution is -0.347. The standard InChI is InChI=1S/C46H70N7O19P3/c1-44(2,27-69-75(66,67)72-74(64,65)68-26-32-37(71-73(61,62)63)36(56)42(70-32)53-29-52-35-39(47)50-28-51-40(35)53)38(57)41(58)49-25-17-34(55)48-24-16-33(54)45(20-21-45)18-11-5-7-13-31-15-9-8-14-30(31)12-6-3-4-10-19-46(22-23-46)43(59)60/h8-9,14-15,28-29,32,36-38,42,56-57H,3-7,10-13,16-27H2,1-2H3,(H,48,55)(H,49,58)(H,59,60)(H,64,65)(H,66,67)(H2,47,50,51)(H2,61,62,63)/p-4. The zero-order valence-corrected chi connectivity index (χ0v) is 44.5. The van der Waals surface area contributed by atoms with Gasteiger partial charge in [-0.3, -0.25) is 32.9 Å². The molecule has 7 unspecified atom stereocenters. The molecule has 3 heterocycles. The molecule has 418 valence electrons. The summed E-state index contributed by atoms with van der Waals surface area (Å²) in [6, 6.07) is 8.49. The molecule has 26 nitrogen and oxygen atoms in total. The van der Waals surface area contributed by atoms with Crippen LogP contribution in [0.3, 0.4) is 0 Å². The second-order valence-corrected chi connectivity index (χ2v) is 24.3. The highest BCUT2D eigenvalue weighted by atomic mass is 31.3. The summed E-state index contributed by atoms with van der Waals surface area (Å²) >= 11 is 0. The first-order chi connectivity index (χ1) is 35.3. The third-order valence-electron chi connectivity index (χ3n) is 14.1. The van der Waals surface area contributed by atoms with Crippen molar-refractivity contribution in [3.63, 3.8) is 0 Å². The van der Waals surface area contributed by atoms with Gasteiger partial charge in [0.2, 0.25) is 11.8 Å². The molecule has 3 fully saturated rings. The summed E-state index contributed by atoms with van der Waals surface area (Å²) < 4.78 is 61.1. The van der Waals surface area contributed by atoms with Gasteiger partial charge in [-0.25, -0.2) is 19.3 Å². The number of benzene rings is 1.